The molecule has 26 heavy (non-hydrogen) atoms. The zero-order valence-corrected chi connectivity index (χ0v) is 15.1. The van der Waals surface area contributed by atoms with E-state index in [0.717, 1.165) is 11.2 Å². The third-order valence-electron chi connectivity index (χ3n) is 5.49. The molecule has 0 unspecified atom stereocenters. The van der Waals surface area contributed by atoms with Gasteiger partial charge in [0.15, 0.2) is 0 Å². The summed E-state index contributed by atoms with van der Waals surface area (Å²) in [6.07, 6.45) is 5.02. The molecule has 128 valence electrons. The van der Waals surface area contributed by atoms with E-state index >= 15 is 0 Å². The molecular formula is C25H22O. The predicted molar refractivity (Wildman–Crippen MR) is 112 cm³/mol. The Balaban J connectivity index is 1.71. The number of benzene rings is 4. The highest BCUT2D eigenvalue weighted by molar-refractivity contribution is 6.20. The van der Waals surface area contributed by atoms with Crippen LogP contribution in [0.4, 0.5) is 0 Å². The van der Waals surface area contributed by atoms with Crippen LogP contribution in [0.25, 0.3) is 43.5 Å². The Labute approximate surface area is 153 Å². The summed E-state index contributed by atoms with van der Waals surface area (Å²) in [5, 5.41) is 7.49. The lowest BCUT2D eigenvalue weighted by molar-refractivity contribution is 0.672. The van der Waals surface area contributed by atoms with Crippen LogP contribution in [0.15, 0.2) is 71.1 Å². The topological polar surface area (TPSA) is 13.1 Å². The third kappa shape index (κ3) is 2.39. The van der Waals surface area contributed by atoms with Gasteiger partial charge in [-0.3, -0.25) is 0 Å². The minimum atomic E-state index is 0.960. The van der Waals surface area contributed by atoms with Crippen molar-refractivity contribution in [3.63, 3.8) is 0 Å². The van der Waals surface area contributed by atoms with Crippen LogP contribution >= 0.6 is 0 Å². The average Bonchev–Trinajstić information content (AvgIpc) is 3.07. The molecule has 0 saturated carbocycles. The highest BCUT2D eigenvalue weighted by Crippen LogP contribution is 2.36. The number of aryl methyl sites for hydroxylation is 1. The summed E-state index contributed by atoms with van der Waals surface area (Å²) in [6.45, 7) is 2.26. The fraction of sp³-hybridized carbons (Fsp3) is 0.200. The molecule has 1 aromatic heterocycles. The van der Waals surface area contributed by atoms with E-state index in [-0.39, 0.29) is 0 Å². The van der Waals surface area contributed by atoms with Crippen molar-refractivity contribution in [2.45, 2.75) is 32.6 Å². The fourth-order valence-electron chi connectivity index (χ4n) is 4.11. The number of furan rings is 1. The van der Waals surface area contributed by atoms with Gasteiger partial charge in [0.1, 0.15) is 11.2 Å². The molecule has 0 aliphatic rings. The largest absolute Gasteiger partial charge is 0.455 e. The molecule has 4 aromatic carbocycles. The van der Waals surface area contributed by atoms with Crippen molar-refractivity contribution in [2.24, 2.45) is 0 Å². The summed E-state index contributed by atoms with van der Waals surface area (Å²) >= 11 is 0. The van der Waals surface area contributed by atoms with Crippen LogP contribution in [0.3, 0.4) is 0 Å². The smallest absolute Gasteiger partial charge is 0.143 e. The third-order valence-corrected chi connectivity index (χ3v) is 5.49. The Kier molecular flexibility index (Phi) is 3.67. The van der Waals surface area contributed by atoms with Gasteiger partial charge in [-0.05, 0) is 52.8 Å². The fourth-order valence-corrected chi connectivity index (χ4v) is 4.11. The van der Waals surface area contributed by atoms with Gasteiger partial charge < -0.3 is 4.42 Å². The summed E-state index contributed by atoms with van der Waals surface area (Å²) in [5.74, 6) is 0. The molecule has 0 atom stereocenters. The normalized spacial score (nSPS) is 11.9. The van der Waals surface area contributed by atoms with Gasteiger partial charge >= 0.3 is 0 Å². The van der Waals surface area contributed by atoms with Crippen molar-refractivity contribution in [2.75, 3.05) is 0 Å². The maximum absolute atomic E-state index is 6.20. The van der Waals surface area contributed by atoms with Gasteiger partial charge in [0.05, 0.1) is 0 Å². The molecule has 1 heteroatoms. The van der Waals surface area contributed by atoms with Crippen molar-refractivity contribution >= 4 is 43.5 Å². The second-order valence-corrected chi connectivity index (χ2v) is 7.21. The number of fused-ring (bicyclic) bond motifs is 7. The second-order valence-electron chi connectivity index (χ2n) is 7.21. The summed E-state index contributed by atoms with van der Waals surface area (Å²) in [4.78, 5) is 0. The van der Waals surface area contributed by atoms with Gasteiger partial charge in [-0.25, -0.2) is 0 Å². The Bertz CT molecular complexity index is 1240. The highest BCUT2D eigenvalue weighted by Gasteiger charge is 2.11. The van der Waals surface area contributed by atoms with Crippen molar-refractivity contribution in [3.8, 4) is 0 Å². The molecule has 0 saturated heterocycles. The second kappa shape index (κ2) is 6.17. The minimum absolute atomic E-state index is 0.960. The molecule has 0 amide bonds. The van der Waals surface area contributed by atoms with Gasteiger partial charge in [-0.1, -0.05) is 68.3 Å². The van der Waals surface area contributed by atoms with E-state index in [1.807, 2.05) is 12.1 Å². The lowest BCUT2D eigenvalue weighted by Crippen LogP contribution is -1.86. The van der Waals surface area contributed by atoms with Crippen molar-refractivity contribution < 1.29 is 4.42 Å². The molecule has 5 aromatic rings. The van der Waals surface area contributed by atoms with Crippen molar-refractivity contribution in [3.05, 3.63) is 72.3 Å². The van der Waals surface area contributed by atoms with Gasteiger partial charge in [0.25, 0.3) is 0 Å². The molecule has 0 aliphatic carbocycles. The van der Waals surface area contributed by atoms with E-state index in [0.29, 0.717) is 0 Å². The van der Waals surface area contributed by atoms with Crippen LogP contribution in [0.1, 0.15) is 31.7 Å². The van der Waals surface area contributed by atoms with Gasteiger partial charge in [-0.15, -0.1) is 0 Å². The van der Waals surface area contributed by atoms with Crippen LogP contribution in [-0.2, 0) is 6.42 Å². The zero-order valence-electron chi connectivity index (χ0n) is 15.1. The lowest BCUT2D eigenvalue weighted by Gasteiger charge is -2.07. The van der Waals surface area contributed by atoms with E-state index in [1.54, 1.807) is 0 Å². The van der Waals surface area contributed by atoms with E-state index in [4.69, 9.17) is 4.42 Å². The average molecular weight is 338 g/mol. The number of rotatable bonds is 4. The number of para-hydroxylation sites is 1. The van der Waals surface area contributed by atoms with Crippen LogP contribution in [0, 0.1) is 0 Å². The number of unbranched alkanes of at least 4 members (excludes halogenated alkanes) is 2. The molecule has 0 bridgehead atoms. The monoisotopic (exact) mass is 338 g/mol. The molecule has 0 radical (unpaired) electrons. The summed E-state index contributed by atoms with van der Waals surface area (Å²) in [6, 6.07) is 24.1. The molecule has 0 fully saturated rings. The number of hydrogen-bond acceptors (Lipinski definition) is 1. The van der Waals surface area contributed by atoms with Crippen LogP contribution in [0.5, 0.6) is 0 Å². The highest BCUT2D eigenvalue weighted by atomic mass is 16.3. The maximum atomic E-state index is 6.20. The maximum Gasteiger partial charge on any atom is 0.143 e. The molecule has 0 aliphatic heterocycles. The van der Waals surface area contributed by atoms with E-state index in [9.17, 15) is 0 Å². The minimum Gasteiger partial charge on any atom is -0.455 e. The van der Waals surface area contributed by atoms with E-state index < -0.39 is 0 Å². The summed E-state index contributed by atoms with van der Waals surface area (Å²) in [7, 11) is 0. The first-order valence-electron chi connectivity index (χ1n) is 9.61. The Hall–Kier alpha value is -2.80. The Morgan fingerprint density at radius 2 is 1.46 bits per heavy atom. The molecule has 1 heterocycles. The number of hydrogen-bond donors (Lipinski definition) is 0. The molecule has 0 N–H and O–H groups in total. The summed E-state index contributed by atoms with van der Waals surface area (Å²) in [5.41, 5.74) is 3.40. The first kappa shape index (κ1) is 15.5. The quantitative estimate of drug-likeness (QED) is 0.242. The van der Waals surface area contributed by atoms with Crippen LogP contribution in [-0.4, -0.2) is 0 Å². The molecule has 5 rings (SSSR count). The SMILES string of the molecule is CCCCCc1ccc2c(ccc3c2ccc2c4ccccc4oc23)c1. The van der Waals surface area contributed by atoms with Gasteiger partial charge in [-0.2, -0.15) is 0 Å². The summed E-state index contributed by atoms with van der Waals surface area (Å²) < 4.78 is 6.20. The molecule has 1 nitrogen and oxygen atoms in total. The predicted octanol–water partition coefficient (Wildman–Crippen LogP) is 7.63. The van der Waals surface area contributed by atoms with Crippen LogP contribution < -0.4 is 0 Å². The molecule has 0 spiro atoms. The van der Waals surface area contributed by atoms with E-state index in [1.165, 1.54) is 63.6 Å². The van der Waals surface area contributed by atoms with Gasteiger partial charge in [0.2, 0.25) is 0 Å². The van der Waals surface area contributed by atoms with Crippen LogP contribution in [0.2, 0.25) is 0 Å². The lowest BCUT2D eigenvalue weighted by atomic mass is 9.97. The van der Waals surface area contributed by atoms with Crippen molar-refractivity contribution in [1.82, 2.24) is 0 Å². The first-order valence-corrected chi connectivity index (χ1v) is 9.61. The molecular weight excluding hydrogens is 316 g/mol. The first-order chi connectivity index (χ1) is 12.8. The standard InChI is InChI=1S/C25H22O/c1-2-3-4-7-17-10-12-19-18(16-17)11-13-22-20(19)14-15-23-21-8-5-6-9-24(21)26-25(22)23/h5-6,8-16H,2-4,7H2,1H3. The van der Waals surface area contributed by atoms with Crippen molar-refractivity contribution in [1.29, 1.82) is 0 Å². The Morgan fingerprint density at radius 3 is 2.38 bits per heavy atom. The zero-order chi connectivity index (χ0) is 17.5. The van der Waals surface area contributed by atoms with Gasteiger partial charge in [0, 0.05) is 16.2 Å². The Morgan fingerprint density at radius 1 is 0.692 bits per heavy atom. The van der Waals surface area contributed by atoms with E-state index in [2.05, 4.69) is 61.5 Å².